The molecule has 2 aromatic rings. The largest absolute Gasteiger partial charge is 0.462 e. The Morgan fingerprint density at radius 1 is 1.63 bits per heavy atom. The summed E-state index contributed by atoms with van der Waals surface area (Å²) in [6.07, 6.45) is 3.20. The van der Waals surface area contributed by atoms with Gasteiger partial charge in [-0.2, -0.15) is 16.4 Å². The van der Waals surface area contributed by atoms with Crippen LogP contribution in [0, 0.1) is 0 Å². The number of aromatic nitrogens is 2. The number of hydrogen-bond donors (Lipinski definition) is 1. The molecular formula is C13H17N3O2S. The minimum atomic E-state index is -0.359. The van der Waals surface area contributed by atoms with Gasteiger partial charge in [0.1, 0.15) is 0 Å². The summed E-state index contributed by atoms with van der Waals surface area (Å²) in [5.74, 6) is -0.359. The molecule has 2 unspecified atom stereocenters. The van der Waals surface area contributed by atoms with Crippen LogP contribution in [0.4, 0.5) is 0 Å². The third-order valence-corrected chi connectivity index (χ3v) is 3.48. The zero-order valence-electron chi connectivity index (χ0n) is 10.9. The Morgan fingerprint density at radius 3 is 3.00 bits per heavy atom. The Hall–Kier alpha value is -1.66. The highest BCUT2D eigenvalue weighted by Gasteiger charge is 2.21. The topological polar surface area (TPSA) is 70.1 Å². The van der Waals surface area contributed by atoms with Crippen LogP contribution in [0.1, 0.15) is 35.8 Å². The highest BCUT2D eigenvalue weighted by molar-refractivity contribution is 7.07. The fourth-order valence-corrected chi connectivity index (χ4v) is 2.64. The molecule has 2 rings (SSSR count). The molecule has 2 aromatic heterocycles. The molecular weight excluding hydrogens is 262 g/mol. The zero-order valence-corrected chi connectivity index (χ0v) is 11.8. The Kier molecular flexibility index (Phi) is 4.34. The van der Waals surface area contributed by atoms with Crippen LogP contribution < -0.4 is 5.73 Å². The molecule has 0 amide bonds. The van der Waals surface area contributed by atoms with E-state index in [1.807, 2.05) is 23.8 Å². The summed E-state index contributed by atoms with van der Waals surface area (Å²) in [7, 11) is 0. The van der Waals surface area contributed by atoms with Crippen molar-refractivity contribution in [1.82, 2.24) is 9.78 Å². The number of nitrogens with two attached hydrogens (primary N) is 1. The summed E-state index contributed by atoms with van der Waals surface area (Å²) in [5.41, 5.74) is 7.57. The van der Waals surface area contributed by atoms with Gasteiger partial charge in [-0.05, 0) is 36.2 Å². The second kappa shape index (κ2) is 5.99. The van der Waals surface area contributed by atoms with E-state index in [1.54, 1.807) is 29.1 Å². The molecule has 0 aliphatic heterocycles. The molecule has 0 fully saturated rings. The zero-order chi connectivity index (χ0) is 13.8. The van der Waals surface area contributed by atoms with Gasteiger partial charge in [0, 0.05) is 12.2 Å². The van der Waals surface area contributed by atoms with Gasteiger partial charge >= 0.3 is 5.97 Å². The van der Waals surface area contributed by atoms with Crippen molar-refractivity contribution in [3.05, 3.63) is 40.3 Å². The first-order chi connectivity index (χ1) is 9.13. The van der Waals surface area contributed by atoms with Crippen LogP contribution in [0.25, 0.3) is 0 Å². The minimum absolute atomic E-state index is 0.0746. The highest BCUT2D eigenvalue weighted by Crippen LogP contribution is 2.23. The van der Waals surface area contributed by atoms with Crippen molar-refractivity contribution >= 4 is 17.3 Å². The molecule has 5 nitrogen and oxygen atoms in total. The van der Waals surface area contributed by atoms with Gasteiger partial charge < -0.3 is 10.5 Å². The number of thiophene rings is 1. The molecule has 2 heterocycles. The number of carbonyl (C=O) groups excluding carboxylic acids is 1. The fraction of sp³-hybridized carbons (Fsp3) is 0.385. The van der Waals surface area contributed by atoms with Crippen molar-refractivity contribution in [2.45, 2.75) is 25.9 Å². The third kappa shape index (κ3) is 3.02. The molecule has 102 valence electrons. The van der Waals surface area contributed by atoms with E-state index in [2.05, 4.69) is 5.10 Å². The maximum absolute atomic E-state index is 11.6. The van der Waals surface area contributed by atoms with Crippen molar-refractivity contribution in [3.63, 3.8) is 0 Å². The van der Waals surface area contributed by atoms with Gasteiger partial charge in [0.15, 0.2) is 0 Å². The van der Waals surface area contributed by atoms with Crippen LogP contribution in [0.15, 0.2) is 29.2 Å². The lowest BCUT2D eigenvalue weighted by atomic mass is 10.1. The lowest BCUT2D eigenvalue weighted by molar-refractivity contribution is 0.0526. The van der Waals surface area contributed by atoms with E-state index in [1.165, 1.54) is 6.20 Å². The molecule has 0 aromatic carbocycles. The monoisotopic (exact) mass is 279 g/mol. The molecule has 6 heteroatoms. The number of hydrogen-bond acceptors (Lipinski definition) is 5. The van der Waals surface area contributed by atoms with E-state index >= 15 is 0 Å². The van der Waals surface area contributed by atoms with Crippen molar-refractivity contribution < 1.29 is 9.53 Å². The van der Waals surface area contributed by atoms with Crippen LogP contribution in [0.3, 0.4) is 0 Å². The normalized spacial score (nSPS) is 14.1. The van der Waals surface area contributed by atoms with Crippen LogP contribution >= 0.6 is 11.3 Å². The van der Waals surface area contributed by atoms with Crippen LogP contribution in [0.2, 0.25) is 0 Å². The lowest BCUT2D eigenvalue weighted by Crippen LogP contribution is -2.30. The summed E-state index contributed by atoms with van der Waals surface area (Å²) in [4.78, 5) is 11.6. The number of rotatable bonds is 5. The van der Waals surface area contributed by atoms with E-state index in [0.29, 0.717) is 12.2 Å². The average molecular weight is 279 g/mol. The Bertz CT molecular complexity index is 534. The van der Waals surface area contributed by atoms with E-state index in [-0.39, 0.29) is 18.1 Å². The fourth-order valence-electron chi connectivity index (χ4n) is 1.95. The van der Waals surface area contributed by atoms with Gasteiger partial charge in [0.25, 0.3) is 0 Å². The third-order valence-electron chi connectivity index (χ3n) is 2.78. The number of ether oxygens (including phenoxy) is 1. The maximum Gasteiger partial charge on any atom is 0.341 e. The van der Waals surface area contributed by atoms with E-state index in [0.717, 1.165) is 5.56 Å². The van der Waals surface area contributed by atoms with Crippen molar-refractivity contribution in [3.8, 4) is 0 Å². The van der Waals surface area contributed by atoms with Crippen LogP contribution in [0.5, 0.6) is 0 Å². The quantitative estimate of drug-likeness (QED) is 0.850. The van der Waals surface area contributed by atoms with Crippen LogP contribution in [-0.2, 0) is 4.74 Å². The Balaban J connectivity index is 2.27. The molecule has 0 saturated carbocycles. The molecule has 2 atom stereocenters. The summed E-state index contributed by atoms with van der Waals surface area (Å²) in [5, 5.41) is 8.28. The Morgan fingerprint density at radius 2 is 2.42 bits per heavy atom. The van der Waals surface area contributed by atoms with E-state index in [9.17, 15) is 4.79 Å². The first kappa shape index (κ1) is 13.8. The molecule has 0 spiro atoms. The summed E-state index contributed by atoms with van der Waals surface area (Å²) >= 11 is 1.61. The van der Waals surface area contributed by atoms with Gasteiger partial charge in [-0.3, -0.25) is 4.68 Å². The number of nitrogens with zero attached hydrogens (tertiary/aromatic N) is 2. The molecule has 0 radical (unpaired) electrons. The van der Waals surface area contributed by atoms with Crippen molar-refractivity contribution in [2.75, 3.05) is 6.61 Å². The number of carbonyl (C=O) groups is 1. The predicted octanol–water partition coefficient (Wildman–Crippen LogP) is 2.06. The average Bonchev–Trinajstić information content (AvgIpc) is 3.00. The van der Waals surface area contributed by atoms with Gasteiger partial charge in [-0.1, -0.05) is 0 Å². The highest BCUT2D eigenvalue weighted by atomic mass is 32.1. The Labute approximate surface area is 116 Å². The second-order valence-corrected chi connectivity index (χ2v) is 5.07. The first-order valence-corrected chi connectivity index (χ1v) is 7.06. The number of esters is 1. The standard InChI is InChI=1S/C13H17N3O2S/c1-3-18-13(17)11-6-15-16(7-11)12(9(2)14)10-4-5-19-8-10/h4-9,12H,3,14H2,1-2H3. The minimum Gasteiger partial charge on any atom is -0.462 e. The predicted molar refractivity (Wildman–Crippen MR) is 74.3 cm³/mol. The molecule has 0 saturated heterocycles. The summed E-state index contributed by atoms with van der Waals surface area (Å²) in [6, 6.07) is 1.84. The van der Waals surface area contributed by atoms with Crippen LogP contribution in [-0.4, -0.2) is 28.4 Å². The smallest absolute Gasteiger partial charge is 0.341 e. The molecule has 2 N–H and O–H groups in total. The summed E-state index contributed by atoms with van der Waals surface area (Å²) in [6.45, 7) is 4.05. The first-order valence-electron chi connectivity index (χ1n) is 6.12. The van der Waals surface area contributed by atoms with Gasteiger partial charge in [0.2, 0.25) is 0 Å². The molecule has 0 aliphatic carbocycles. The molecule has 19 heavy (non-hydrogen) atoms. The lowest BCUT2D eigenvalue weighted by Gasteiger charge is -2.20. The second-order valence-electron chi connectivity index (χ2n) is 4.29. The van der Waals surface area contributed by atoms with Gasteiger partial charge in [-0.25, -0.2) is 4.79 Å². The van der Waals surface area contributed by atoms with E-state index in [4.69, 9.17) is 10.5 Å². The molecule has 0 bridgehead atoms. The van der Waals surface area contributed by atoms with Gasteiger partial charge in [0.05, 0.1) is 24.4 Å². The van der Waals surface area contributed by atoms with E-state index < -0.39 is 0 Å². The van der Waals surface area contributed by atoms with Crippen molar-refractivity contribution in [2.24, 2.45) is 5.73 Å². The van der Waals surface area contributed by atoms with Gasteiger partial charge in [-0.15, -0.1) is 0 Å². The van der Waals surface area contributed by atoms with Crippen molar-refractivity contribution in [1.29, 1.82) is 0 Å². The summed E-state index contributed by atoms with van der Waals surface area (Å²) < 4.78 is 6.67. The SMILES string of the molecule is CCOC(=O)c1cnn(C(c2ccsc2)C(C)N)c1. The maximum atomic E-state index is 11.6. The molecule has 0 aliphatic rings.